The number of hydrogen-bond acceptors (Lipinski definition) is 6. The van der Waals surface area contributed by atoms with Crippen molar-refractivity contribution in [2.24, 2.45) is 5.10 Å². The van der Waals surface area contributed by atoms with Gasteiger partial charge in [0.25, 0.3) is 5.56 Å². The van der Waals surface area contributed by atoms with E-state index in [0.29, 0.717) is 5.69 Å². The van der Waals surface area contributed by atoms with Gasteiger partial charge in [-0.3, -0.25) is 9.78 Å². The van der Waals surface area contributed by atoms with Gasteiger partial charge in [0.1, 0.15) is 5.69 Å². The summed E-state index contributed by atoms with van der Waals surface area (Å²) < 4.78 is 0. The molecule has 0 aliphatic carbocycles. The van der Waals surface area contributed by atoms with Crippen molar-refractivity contribution < 1.29 is 0 Å². The van der Waals surface area contributed by atoms with Crippen LogP contribution in [0.25, 0.3) is 0 Å². The molecule has 0 radical (unpaired) electrons. The van der Waals surface area contributed by atoms with Crippen molar-refractivity contribution in [3.8, 4) is 0 Å². The molecule has 2 aromatic rings. The zero-order valence-electron chi connectivity index (χ0n) is 14.7. The molecule has 7 heteroatoms. The van der Waals surface area contributed by atoms with Crippen LogP contribution in [0.1, 0.15) is 43.9 Å². The predicted octanol–water partition coefficient (Wildman–Crippen LogP) is 2.69. The molecule has 0 amide bonds. The number of hydrazone groups is 1. The van der Waals surface area contributed by atoms with E-state index in [1.807, 2.05) is 6.92 Å². The Hall–Kier alpha value is -2.70. The lowest BCUT2D eigenvalue weighted by molar-refractivity contribution is 0.726. The maximum atomic E-state index is 11.5. The number of aryl methyl sites for hydroxylation is 1. The van der Waals surface area contributed by atoms with Gasteiger partial charge < -0.3 is 4.90 Å². The molecule has 1 aromatic heterocycles. The van der Waals surface area contributed by atoms with Crippen LogP contribution in [0.2, 0.25) is 0 Å². The Morgan fingerprint density at radius 3 is 2.44 bits per heavy atom. The fourth-order valence-corrected chi connectivity index (χ4v) is 2.89. The number of H-pyrrole nitrogens is 1. The van der Waals surface area contributed by atoms with Gasteiger partial charge in [0.2, 0.25) is 5.95 Å². The Labute approximate surface area is 147 Å². The van der Waals surface area contributed by atoms with Gasteiger partial charge in [0, 0.05) is 18.8 Å². The number of nitrogens with zero attached hydrogens (tertiary/aromatic N) is 4. The molecule has 1 aliphatic rings. The SMILES string of the molecule is C/C(=N/Nc1nnc(C)c(=O)[nH]1)c1ccc(N2CCCCCC2)cc1. The van der Waals surface area contributed by atoms with E-state index in [0.717, 1.165) is 24.4 Å². The summed E-state index contributed by atoms with van der Waals surface area (Å²) in [7, 11) is 0. The van der Waals surface area contributed by atoms with Gasteiger partial charge in [-0.2, -0.15) is 5.10 Å². The lowest BCUT2D eigenvalue weighted by Crippen LogP contribution is -2.23. The van der Waals surface area contributed by atoms with Crippen LogP contribution in [-0.2, 0) is 0 Å². The van der Waals surface area contributed by atoms with Crippen LogP contribution in [0.3, 0.4) is 0 Å². The van der Waals surface area contributed by atoms with Gasteiger partial charge >= 0.3 is 0 Å². The Kier molecular flexibility index (Phi) is 5.42. The minimum atomic E-state index is -0.271. The van der Waals surface area contributed by atoms with Crippen molar-refractivity contribution in [3.05, 3.63) is 45.9 Å². The summed E-state index contributed by atoms with van der Waals surface area (Å²) in [5.74, 6) is 0.233. The van der Waals surface area contributed by atoms with Crippen LogP contribution in [-0.4, -0.2) is 34.0 Å². The largest absolute Gasteiger partial charge is 0.372 e. The molecule has 1 aromatic carbocycles. The molecule has 2 N–H and O–H groups in total. The van der Waals surface area contributed by atoms with Crippen molar-refractivity contribution in [2.45, 2.75) is 39.5 Å². The molecule has 132 valence electrons. The quantitative estimate of drug-likeness (QED) is 0.660. The molecule has 3 rings (SSSR count). The van der Waals surface area contributed by atoms with Gasteiger partial charge in [-0.25, -0.2) is 5.43 Å². The first kappa shape index (κ1) is 17.1. The zero-order chi connectivity index (χ0) is 17.6. The van der Waals surface area contributed by atoms with Crippen molar-refractivity contribution in [1.82, 2.24) is 15.2 Å². The number of nitrogens with one attached hydrogen (secondary N) is 2. The fourth-order valence-electron chi connectivity index (χ4n) is 2.89. The van der Waals surface area contributed by atoms with Gasteiger partial charge in [0.15, 0.2) is 0 Å². The average Bonchev–Trinajstić information content (AvgIpc) is 2.92. The van der Waals surface area contributed by atoms with Crippen LogP contribution in [0.4, 0.5) is 11.6 Å². The lowest BCUT2D eigenvalue weighted by Gasteiger charge is -2.22. The fraction of sp³-hybridized carbons (Fsp3) is 0.444. The van der Waals surface area contributed by atoms with E-state index in [4.69, 9.17) is 0 Å². The van der Waals surface area contributed by atoms with Gasteiger partial charge in [-0.1, -0.05) is 25.0 Å². The summed E-state index contributed by atoms with van der Waals surface area (Å²) in [6.45, 7) is 5.78. The van der Waals surface area contributed by atoms with E-state index in [1.54, 1.807) is 6.92 Å². The first-order valence-corrected chi connectivity index (χ1v) is 8.73. The summed E-state index contributed by atoms with van der Waals surface area (Å²) in [5, 5.41) is 11.9. The molecular formula is C18H24N6O. The third-order valence-electron chi connectivity index (χ3n) is 4.45. The van der Waals surface area contributed by atoms with Crippen molar-refractivity contribution in [3.63, 3.8) is 0 Å². The molecule has 0 atom stereocenters. The molecule has 25 heavy (non-hydrogen) atoms. The first-order valence-electron chi connectivity index (χ1n) is 8.73. The van der Waals surface area contributed by atoms with Crippen molar-refractivity contribution in [1.29, 1.82) is 0 Å². The maximum absolute atomic E-state index is 11.5. The molecule has 0 bridgehead atoms. The third-order valence-corrected chi connectivity index (χ3v) is 4.45. The van der Waals surface area contributed by atoms with E-state index in [-0.39, 0.29) is 11.5 Å². The molecular weight excluding hydrogens is 316 g/mol. The van der Waals surface area contributed by atoms with Gasteiger partial charge in [0.05, 0.1) is 5.71 Å². The van der Waals surface area contributed by atoms with Crippen LogP contribution >= 0.6 is 0 Å². The first-order chi connectivity index (χ1) is 12.1. The van der Waals surface area contributed by atoms with Crippen molar-refractivity contribution >= 4 is 17.3 Å². The van der Waals surface area contributed by atoms with E-state index >= 15 is 0 Å². The highest BCUT2D eigenvalue weighted by Gasteiger charge is 2.10. The Morgan fingerprint density at radius 1 is 1.12 bits per heavy atom. The minimum Gasteiger partial charge on any atom is -0.372 e. The summed E-state index contributed by atoms with van der Waals surface area (Å²) in [5.41, 5.74) is 5.90. The van der Waals surface area contributed by atoms with Gasteiger partial charge in [-0.05, 0) is 44.4 Å². The van der Waals surface area contributed by atoms with E-state index in [2.05, 4.69) is 54.9 Å². The van der Waals surface area contributed by atoms with E-state index in [1.165, 1.54) is 31.4 Å². The normalized spacial score (nSPS) is 15.8. The summed E-state index contributed by atoms with van der Waals surface area (Å²) in [4.78, 5) is 16.6. The number of anilines is 2. The molecule has 2 heterocycles. The Balaban J connectivity index is 1.68. The van der Waals surface area contributed by atoms with Crippen LogP contribution in [0, 0.1) is 6.92 Å². The van der Waals surface area contributed by atoms with Crippen LogP contribution < -0.4 is 15.9 Å². The Morgan fingerprint density at radius 2 is 1.80 bits per heavy atom. The minimum absolute atomic E-state index is 0.233. The number of benzene rings is 1. The predicted molar refractivity (Wildman–Crippen MR) is 100 cm³/mol. The highest BCUT2D eigenvalue weighted by atomic mass is 16.1. The lowest BCUT2D eigenvalue weighted by atomic mass is 10.1. The van der Waals surface area contributed by atoms with E-state index < -0.39 is 0 Å². The average molecular weight is 340 g/mol. The van der Waals surface area contributed by atoms with Crippen LogP contribution in [0.15, 0.2) is 34.2 Å². The molecule has 0 spiro atoms. The Bertz CT molecular complexity index is 788. The molecule has 1 saturated heterocycles. The summed E-state index contributed by atoms with van der Waals surface area (Å²) >= 11 is 0. The van der Waals surface area contributed by atoms with Gasteiger partial charge in [-0.15, -0.1) is 10.2 Å². The standard InChI is InChI=1S/C18H24N6O/c1-13(20-22-18-19-17(25)14(2)21-23-18)15-7-9-16(10-8-15)24-11-5-3-4-6-12-24/h7-10H,3-6,11-12H2,1-2H3,(H2,19,22,23,25)/b20-13-. The van der Waals surface area contributed by atoms with E-state index in [9.17, 15) is 4.79 Å². The molecule has 1 fully saturated rings. The number of aromatic amines is 1. The maximum Gasteiger partial charge on any atom is 0.274 e. The second-order valence-electron chi connectivity index (χ2n) is 6.35. The third kappa shape index (κ3) is 4.43. The molecule has 0 unspecified atom stereocenters. The molecule has 1 aliphatic heterocycles. The summed E-state index contributed by atoms with van der Waals surface area (Å²) in [6, 6.07) is 8.44. The number of aromatic nitrogens is 3. The molecule has 7 nitrogen and oxygen atoms in total. The second-order valence-corrected chi connectivity index (χ2v) is 6.35. The topological polar surface area (TPSA) is 86.3 Å². The monoisotopic (exact) mass is 340 g/mol. The van der Waals surface area contributed by atoms with Crippen molar-refractivity contribution in [2.75, 3.05) is 23.4 Å². The smallest absolute Gasteiger partial charge is 0.274 e. The number of rotatable bonds is 4. The highest BCUT2D eigenvalue weighted by molar-refractivity contribution is 5.99. The second kappa shape index (κ2) is 7.92. The van der Waals surface area contributed by atoms with Crippen LogP contribution in [0.5, 0.6) is 0 Å². The molecule has 0 saturated carbocycles. The zero-order valence-corrected chi connectivity index (χ0v) is 14.7. The number of hydrogen-bond donors (Lipinski definition) is 2. The summed E-state index contributed by atoms with van der Waals surface area (Å²) in [6.07, 6.45) is 5.19. The highest BCUT2D eigenvalue weighted by Crippen LogP contribution is 2.20.